The van der Waals surface area contributed by atoms with Crippen molar-refractivity contribution in [1.29, 1.82) is 0 Å². The Morgan fingerprint density at radius 3 is 2.38 bits per heavy atom. The normalized spacial score (nSPS) is 18.1. The Hall–Kier alpha value is -3.61. The molecule has 1 unspecified atom stereocenters. The molecule has 0 bridgehead atoms. The number of rotatable bonds is 5. The number of halogens is 4. The van der Waals surface area contributed by atoms with Gasteiger partial charge in [0.1, 0.15) is 10.5 Å². The van der Waals surface area contributed by atoms with Crippen LogP contribution in [0.3, 0.4) is 0 Å². The van der Waals surface area contributed by atoms with Crippen LogP contribution >= 0.6 is 11.3 Å². The van der Waals surface area contributed by atoms with Crippen LogP contribution in [0.2, 0.25) is 0 Å². The second-order valence-corrected chi connectivity index (χ2v) is 9.04. The number of hydrogen-bond donors (Lipinski definition) is 1. The first-order valence-electron chi connectivity index (χ1n) is 10.1. The second kappa shape index (κ2) is 7.72. The average Bonchev–Trinajstić information content (AvgIpc) is 3.42. The number of amides is 3. The first kappa shape index (κ1) is 22.2. The summed E-state index contributed by atoms with van der Waals surface area (Å²) in [5, 5.41) is 8.33. The Morgan fingerprint density at radius 1 is 1.06 bits per heavy atom. The molecule has 1 spiro atoms. The number of H-pyrrole nitrogens is 1. The number of hydrogen-bond acceptors (Lipinski definition) is 6. The zero-order valence-corrected chi connectivity index (χ0v) is 18.0. The molecule has 3 heterocycles. The minimum atomic E-state index is -4.87. The minimum Gasteiger partial charge on any atom is -0.317 e. The van der Waals surface area contributed by atoms with Crippen LogP contribution in [0.25, 0.3) is 10.7 Å². The van der Waals surface area contributed by atoms with Gasteiger partial charge in [-0.05, 0) is 30.5 Å². The topological polar surface area (TPSA) is 99.3 Å². The van der Waals surface area contributed by atoms with Gasteiger partial charge in [-0.15, -0.1) is 10.2 Å². The number of nitrogens with one attached hydrogen (secondary N) is 1. The maximum atomic E-state index is 14.0. The fraction of sp³-hybridized carbons (Fsp3) is 0.286. The number of alkyl halides is 3. The standard InChI is InChI=1S/C21H15F4N5O3S/c22-12-6-7-13(26-16(12)31)17-28-27-14(34-17)10-29-19(33)30(18(32)20(29)8-9-20)15(21(23,24)25)11-4-2-1-3-5-11/h1-7,15H,8-10H2,(H,26,31). The van der Waals surface area contributed by atoms with Gasteiger partial charge in [-0.3, -0.25) is 9.59 Å². The summed E-state index contributed by atoms with van der Waals surface area (Å²) in [6.45, 7) is -0.233. The van der Waals surface area contributed by atoms with Gasteiger partial charge in [-0.1, -0.05) is 41.7 Å². The number of imide groups is 1. The van der Waals surface area contributed by atoms with E-state index in [0.29, 0.717) is 4.90 Å². The number of carbonyl (C=O) groups excluding carboxylic acids is 2. The third-order valence-corrected chi connectivity index (χ3v) is 6.77. The van der Waals surface area contributed by atoms with Crippen molar-refractivity contribution in [1.82, 2.24) is 25.0 Å². The molecule has 2 aliphatic rings. The first-order valence-corrected chi connectivity index (χ1v) is 10.9. The molecule has 2 aromatic heterocycles. The SMILES string of the molecule is O=C1N(C(c2ccccc2)C(F)(F)F)C(=O)C2(CC2)N1Cc1nnc(-c2ccc(F)c(=O)[nH]2)s1. The number of aromatic nitrogens is 3. The fourth-order valence-electron chi connectivity index (χ4n) is 4.05. The van der Waals surface area contributed by atoms with E-state index in [9.17, 15) is 31.9 Å². The van der Waals surface area contributed by atoms with Crippen molar-refractivity contribution in [3.8, 4) is 10.7 Å². The summed E-state index contributed by atoms with van der Waals surface area (Å²) in [5.41, 5.74) is -2.30. The van der Waals surface area contributed by atoms with E-state index in [1.54, 1.807) is 6.07 Å². The Labute approximate surface area is 192 Å². The monoisotopic (exact) mass is 493 g/mol. The Kier molecular flexibility index (Phi) is 5.04. The maximum Gasteiger partial charge on any atom is 0.413 e. The molecule has 1 saturated carbocycles. The van der Waals surface area contributed by atoms with Crippen LogP contribution in [0.15, 0.2) is 47.3 Å². The number of urea groups is 1. The summed E-state index contributed by atoms with van der Waals surface area (Å²) in [4.78, 5) is 41.5. The molecular weight excluding hydrogens is 478 g/mol. The lowest BCUT2D eigenvalue weighted by atomic mass is 10.0. The van der Waals surface area contributed by atoms with Gasteiger partial charge in [-0.25, -0.2) is 14.1 Å². The summed E-state index contributed by atoms with van der Waals surface area (Å²) in [6.07, 6.45) is -4.39. The fourth-order valence-corrected chi connectivity index (χ4v) is 4.86. The van der Waals surface area contributed by atoms with Gasteiger partial charge in [0, 0.05) is 0 Å². The van der Waals surface area contributed by atoms with Crippen molar-refractivity contribution in [3.05, 3.63) is 69.2 Å². The van der Waals surface area contributed by atoms with Crippen molar-refractivity contribution >= 4 is 23.3 Å². The van der Waals surface area contributed by atoms with E-state index in [1.807, 2.05) is 0 Å². The summed E-state index contributed by atoms with van der Waals surface area (Å²) >= 11 is 0.970. The highest BCUT2D eigenvalue weighted by Crippen LogP contribution is 2.52. The molecule has 3 amide bonds. The van der Waals surface area contributed by atoms with E-state index >= 15 is 0 Å². The minimum absolute atomic E-state index is 0.197. The third-order valence-electron chi connectivity index (χ3n) is 5.83. The van der Waals surface area contributed by atoms with Crippen LogP contribution in [0.5, 0.6) is 0 Å². The van der Waals surface area contributed by atoms with Crippen LogP contribution in [-0.2, 0) is 11.3 Å². The summed E-state index contributed by atoms with van der Waals surface area (Å²) in [6, 6.07) is 5.60. The molecule has 1 aliphatic heterocycles. The molecule has 1 saturated heterocycles. The number of aromatic amines is 1. The molecule has 8 nitrogen and oxygen atoms in total. The van der Waals surface area contributed by atoms with Crippen LogP contribution < -0.4 is 5.56 Å². The van der Waals surface area contributed by atoms with Crippen LogP contribution in [0, 0.1) is 5.82 Å². The van der Waals surface area contributed by atoms with Crippen LogP contribution in [0.1, 0.15) is 29.5 Å². The Morgan fingerprint density at radius 2 is 1.76 bits per heavy atom. The van der Waals surface area contributed by atoms with Gasteiger partial charge in [0.15, 0.2) is 16.9 Å². The van der Waals surface area contributed by atoms with Gasteiger partial charge in [0.05, 0.1) is 12.2 Å². The highest BCUT2D eigenvalue weighted by Gasteiger charge is 2.68. The zero-order chi connectivity index (χ0) is 24.3. The average molecular weight is 493 g/mol. The molecule has 1 aliphatic carbocycles. The van der Waals surface area contributed by atoms with Crippen molar-refractivity contribution in [2.75, 3.05) is 0 Å². The molecular formula is C21H15F4N5O3S. The van der Waals surface area contributed by atoms with Gasteiger partial charge >= 0.3 is 12.2 Å². The lowest BCUT2D eigenvalue weighted by molar-refractivity contribution is -0.182. The van der Waals surface area contributed by atoms with E-state index < -0.39 is 41.1 Å². The highest BCUT2D eigenvalue weighted by atomic mass is 32.1. The Balaban J connectivity index is 1.45. The molecule has 2 fully saturated rings. The van der Waals surface area contributed by atoms with E-state index in [1.165, 1.54) is 30.3 Å². The quantitative estimate of drug-likeness (QED) is 0.432. The smallest absolute Gasteiger partial charge is 0.317 e. The summed E-state index contributed by atoms with van der Waals surface area (Å²) in [5.74, 6) is -1.86. The van der Waals surface area contributed by atoms with E-state index in [-0.39, 0.29) is 40.7 Å². The highest BCUT2D eigenvalue weighted by molar-refractivity contribution is 7.14. The van der Waals surface area contributed by atoms with E-state index in [0.717, 1.165) is 22.3 Å². The molecule has 13 heteroatoms. The van der Waals surface area contributed by atoms with Gasteiger partial charge in [-0.2, -0.15) is 13.2 Å². The zero-order valence-electron chi connectivity index (χ0n) is 17.2. The molecule has 1 N–H and O–H groups in total. The van der Waals surface area contributed by atoms with Crippen molar-refractivity contribution in [3.63, 3.8) is 0 Å². The van der Waals surface area contributed by atoms with Crippen molar-refractivity contribution < 1.29 is 27.2 Å². The number of carbonyl (C=O) groups is 2. The van der Waals surface area contributed by atoms with Gasteiger partial charge in [0.25, 0.3) is 11.5 Å². The molecule has 1 aromatic carbocycles. The summed E-state index contributed by atoms with van der Waals surface area (Å²) in [7, 11) is 0. The van der Waals surface area contributed by atoms with Gasteiger partial charge in [0.2, 0.25) is 0 Å². The maximum absolute atomic E-state index is 14.0. The largest absolute Gasteiger partial charge is 0.413 e. The number of nitrogens with zero attached hydrogens (tertiary/aromatic N) is 4. The van der Waals surface area contributed by atoms with Crippen LogP contribution in [-0.4, -0.2) is 48.6 Å². The Bertz CT molecular complexity index is 1340. The van der Waals surface area contributed by atoms with Crippen molar-refractivity contribution in [2.45, 2.75) is 37.1 Å². The lowest BCUT2D eigenvalue weighted by Gasteiger charge is -2.28. The van der Waals surface area contributed by atoms with Crippen molar-refractivity contribution in [2.24, 2.45) is 0 Å². The molecule has 3 aromatic rings. The lowest BCUT2D eigenvalue weighted by Crippen LogP contribution is -2.43. The number of pyridine rings is 1. The second-order valence-electron chi connectivity index (χ2n) is 7.98. The van der Waals surface area contributed by atoms with E-state index in [2.05, 4.69) is 15.2 Å². The third kappa shape index (κ3) is 3.56. The predicted octanol–water partition coefficient (Wildman–Crippen LogP) is 3.63. The van der Waals surface area contributed by atoms with E-state index in [4.69, 9.17) is 0 Å². The predicted molar refractivity (Wildman–Crippen MR) is 111 cm³/mol. The van der Waals surface area contributed by atoms with Crippen LogP contribution in [0.4, 0.5) is 22.4 Å². The molecule has 176 valence electrons. The van der Waals surface area contributed by atoms with Gasteiger partial charge < -0.3 is 9.88 Å². The number of benzene rings is 1. The molecule has 5 rings (SSSR count). The molecule has 34 heavy (non-hydrogen) atoms. The molecule has 1 atom stereocenters. The molecule has 0 radical (unpaired) electrons. The summed E-state index contributed by atoms with van der Waals surface area (Å²) < 4.78 is 55.4. The first-order chi connectivity index (χ1) is 16.1.